The van der Waals surface area contributed by atoms with Crippen LogP contribution in [0.1, 0.15) is 53.4 Å². The molecule has 296 valence electrons. The number of alkyl halides is 5. The van der Waals surface area contributed by atoms with Gasteiger partial charge in [-0.05, 0) is 62.6 Å². The van der Waals surface area contributed by atoms with Gasteiger partial charge >= 0.3 is 12.7 Å². The number of methoxy groups -OCH3 is 1. The molecule has 0 unspecified atom stereocenters. The Labute approximate surface area is 313 Å². The minimum atomic E-state index is -4.92. The molecule has 0 fully saturated rings. The first-order chi connectivity index (χ1) is 26.3. The summed E-state index contributed by atoms with van der Waals surface area (Å²) in [4.78, 5) is 50.2. The lowest BCUT2D eigenvalue weighted by Gasteiger charge is -2.37. The average Bonchev–Trinajstić information content (AvgIpc) is 3.77. The van der Waals surface area contributed by atoms with Crippen LogP contribution in [0.2, 0.25) is 0 Å². The Bertz CT molecular complexity index is 2360. The number of hydrogen-bond acceptors (Lipinski definition) is 8. The van der Waals surface area contributed by atoms with Gasteiger partial charge in [-0.1, -0.05) is 0 Å². The molecule has 6 rings (SSSR count). The van der Waals surface area contributed by atoms with Crippen LogP contribution in [0, 0.1) is 18.6 Å². The van der Waals surface area contributed by atoms with Crippen molar-refractivity contribution in [3.05, 3.63) is 99.2 Å². The van der Waals surface area contributed by atoms with E-state index in [1.165, 1.54) is 40.3 Å². The summed E-state index contributed by atoms with van der Waals surface area (Å²) >= 11 is 0. The zero-order valence-corrected chi connectivity index (χ0v) is 30.5. The van der Waals surface area contributed by atoms with E-state index in [1.807, 2.05) is 0 Å². The molecule has 2 amide bonds. The Morgan fingerprint density at radius 3 is 2.43 bits per heavy atom. The second-order valence-corrected chi connectivity index (χ2v) is 13.8. The van der Waals surface area contributed by atoms with E-state index >= 15 is 4.39 Å². The third kappa shape index (κ3) is 7.85. The highest BCUT2D eigenvalue weighted by atomic mass is 19.4. The van der Waals surface area contributed by atoms with E-state index in [2.05, 4.69) is 25.5 Å². The van der Waals surface area contributed by atoms with Gasteiger partial charge in [0.1, 0.15) is 23.4 Å². The maximum atomic E-state index is 15.6. The molecule has 0 saturated carbocycles. The molecule has 13 nitrogen and oxygen atoms in total. The van der Waals surface area contributed by atoms with Crippen molar-refractivity contribution in [1.82, 2.24) is 44.3 Å². The largest absolute Gasteiger partial charge is 0.493 e. The Kier molecular flexibility index (Phi) is 10.5. The van der Waals surface area contributed by atoms with Crippen molar-refractivity contribution in [2.75, 3.05) is 13.7 Å². The summed E-state index contributed by atoms with van der Waals surface area (Å²) in [7, 11) is 2.62. The van der Waals surface area contributed by atoms with Crippen LogP contribution in [0.25, 0.3) is 22.5 Å². The quantitative estimate of drug-likeness (QED) is 0.182. The third-order valence-corrected chi connectivity index (χ3v) is 9.17. The fourth-order valence-corrected chi connectivity index (χ4v) is 6.62. The lowest BCUT2D eigenvalue weighted by Crippen LogP contribution is -2.58. The van der Waals surface area contributed by atoms with Crippen LogP contribution in [0.5, 0.6) is 5.75 Å². The van der Waals surface area contributed by atoms with Crippen molar-refractivity contribution in [3.8, 4) is 28.3 Å². The molecule has 0 bridgehead atoms. The number of nitrogens with one attached hydrogen (secondary N) is 1. The van der Waals surface area contributed by atoms with Gasteiger partial charge in [0.05, 0.1) is 42.8 Å². The molecule has 0 aliphatic carbocycles. The Balaban J connectivity index is 1.36. The minimum absolute atomic E-state index is 0.0246. The molecule has 1 atom stereocenters. The third-order valence-electron chi connectivity index (χ3n) is 9.17. The smallest absolute Gasteiger partial charge is 0.435 e. The second-order valence-electron chi connectivity index (χ2n) is 13.8. The Hall–Kier alpha value is -6.08. The molecule has 1 aliphatic rings. The van der Waals surface area contributed by atoms with Crippen molar-refractivity contribution >= 4 is 11.8 Å². The molecule has 1 N–H and O–H groups in total. The normalized spacial score (nSPS) is 13.9. The predicted molar refractivity (Wildman–Crippen MR) is 185 cm³/mol. The molecule has 20 heteroatoms. The van der Waals surface area contributed by atoms with Crippen LogP contribution in [0.3, 0.4) is 0 Å². The standard InChI is InChI=1S/C36H34F7N9O4/c1-18-44-14-27(56-5)30(46-18)22-6-7-23(37)29-21(22)8-9-50(33(29)55)26(10-19-13-45-51(15-19)34(39)40)31(53)47-35(2,3)17-52-25(12-28(48-52)36(41,42)43)20-11-24(38)32(54)49(4)16-20/h6-7,11-16,26,34H,8-10,17H2,1-5H3,(H,47,53)/t26-/m1/s1. The first kappa shape index (κ1) is 39.6. The minimum Gasteiger partial charge on any atom is -0.493 e. The number of aryl methyl sites for hydroxylation is 2. The number of halogens is 7. The topological polar surface area (TPSA) is 142 Å². The number of benzene rings is 1. The van der Waals surface area contributed by atoms with E-state index in [-0.39, 0.29) is 53.1 Å². The molecule has 0 spiro atoms. The van der Waals surface area contributed by atoms with Crippen LogP contribution in [0.4, 0.5) is 30.7 Å². The van der Waals surface area contributed by atoms with Crippen LogP contribution >= 0.6 is 0 Å². The summed E-state index contributed by atoms with van der Waals surface area (Å²) in [5.74, 6) is -3.23. The van der Waals surface area contributed by atoms with Gasteiger partial charge in [0.15, 0.2) is 17.3 Å². The first-order valence-electron chi connectivity index (χ1n) is 16.9. The fraction of sp³-hybridized carbons (Fsp3) is 0.361. The number of amides is 2. The van der Waals surface area contributed by atoms with Gasteiger partial charge in [-0.15, -0.1) is 0 Å². The van der Waals surface area contributed by atoms with E-state index in [4.69, 9.17) is 4.74 Å². The number of hydrogen-bond donors (Lipinski definition) is 1. The molecule has 5 aromatic rings. The van der Waals surface area contributed by atoms with Gasteiger partial charge in [-0.25, -0.2) is 23.4 Å². The van der Waals surface area contributed by atoms with Crippen LogP contribution in [-0.2, 0) is 37.4 Å². The average molecular weight is 790 g/mol. The summed E-state index contributed by atoms with van der Waals surface area (Å²) in [6.07, 6.45) is -0.617. The molecule has 1 aliphatic heterocycles. The van der Waals surface area contributed by atoms with Crippen molar-refractivity contribution < 1.29 is 45.1 Å². The highest BCUT2D eigenvalue weighted by Gasteiger charge is 2.40. The lowest BCUT2D eigenvalue weighted by molar-refractivity contribution is -0.141. The molecule has 5 heterocycles. The second kappa shape index (κ2) is 14.9. The maximum absolute atomic E-state index is 15.6. The summed E-state index contributed by atoms with van der Waals surface area (Å²) in [6, 6.07) is 2.49. The number of pyridine rings is 1. The van der Waals surface area contributed by atoms with Gasteiger partial charge in [-0.2, -0.15) is 32.1 Å². The number of fused-ring (bicyclic) bond motifs is 1. The molecular formula is C36H34F7N9O4. The van der Waals surface area contributed by atoms with Crippen LogP contribution in [-0.4, -0.2) is 76.0 Å². The molecule has 4 aromatic heterocycles. The van der Waals surface area contributed by atoms with E-state index in [0.29, 0.717) is 27.8 Å². The highest BCUT2D eigenvalue weighted by Crippen LogP contribution is 2.37. The lowest BCUT2D eigenvalue weighted by atomic mass is 9.90. The van der Waals surface area contributed by atoms with E-state index in [1.54, 1.807) is 6.92 Å². The zero-order valence-electron chi connectivity index (χ0n) is 30.5. The van der Waals surface area contributed by atoms with Gasteiger partial charge < -0.3 is 19.5 Å². The summed E-state index contributed by atoms with van der Waals surface area (Å²) < 4.78 is 106. The predicted octanol–water partition coefficient (Wildman–Crippen LogP) is 5.12. The number of carbonyl (C=O) groups excluding carboxylic acids is 2. The van der Waals surface area contributed by atoms with Crippen molar-refractivity contribution in [2.24, 2.45) is 7.05 Å². The van der Waals surface area contributed by atoms with E-state index in [0.717, 1.165) is 44.9 Å². The summed E-state index contributed by atoms with van der Waals surface area (Å²) in [5.41, 5.74) is -3.38. The van der Waals surface area contributed by atoms with Crippen LogP contribution < -0.4 is 15.6 Å². The monoisotopic (exact) mass is 789 g/mol. The zero-order chi connectivity index (χ0) is 40.9. The molecule has 0 saturated heterocycles. The molecule has 56 heavy (non-hydrogen) atoms. The molecule has 0 radical (unpaired) electrons. The first-order valence-corrected chi connectivity index (χ1v) is 16.9. The van der Waals surface area contributed by atoms with Gasteiger partial charge in [0.25, 0.3) is 11.5 Å². The van der Waals surface area contributed by atoms with E-state index < -0.39 is 65.6 Å². The summed E-state index contributed by atoms with van der Waals surface area (Å²) in [5, 5.41) is 10.0. The fourth-order valence-electron chi connectivity index (χ4n) is 6.62. The number of ether oxygens (including phenoxy) is 1. The SMILES string of the molecule is COc1cnc(C)nc1-c1ccc(F)c2c1CCN([C@H](Cc1cnn(C(F)F)c1)C(=O)NC(C)(C)Cn1nc(C(F)(F)F)cc1-c1cc(F)c(=O)n(C)c1)C2=O. The van der Waals surface area contributed by atoms with Crippen LogP contribution in [0.15, 0.2) is 53.8 Å². The maximum Gasteiger partial charge on any atom is 0.435 e. The number of carbonyl (C=O) groups is 2. The van der Waals surface area contributed by atoms with Crippen molar-refractivity contribution in [1.29, 1.82) is 0 Å². The van der Waals surface area contributed by atoms with Gasteiger partial charge in [0.2, 0.25) is 5.91 Å². The van der Waals surface area contributed by atoms with E-state index in [9.17, 15) is 40.7 Å². The number of rotatable bonds is 11. The van der Waals surface area contributed by atoms with Crippen molar-refractivity contribution in [3.63, 3.8) is 0 Å². The summed E-state index contributed by atoms with van der Waals surface area (Å²) in [6.45, 7) is 0.936. The molecule has 1 aromatic carbocycles. The van der Waals surface area contributed by atoms with Crippen molar-refractivity contribution in [2.45, 2.75) is 64.5 Å². The number of nitrogens with zero attached hydrogens (tertiary/aromatic N) is 8. The van der Waals surface area contributed by atoms with Gasteiger partial charge in [-0.3, -0.25) is 19.1 Å². The van der Waals surface area contributed by atoms with Gasteiger partial charge in [0, 0.05) is 43.5 Å². The number of aromatic nitrogens is 7. The Morgan fingerprint density at radius 1 is 1.05 bits per heavy atom. The Morgan fingerprint density at radius 2 is 1.79 bits per heavy atom. The highest BCUT2D eigenvalue weighted by molar-refractivity contribution is 6.01. The molecular weight excluding hydrogens is 755 g/mol.